The molecule has 0 aliphatic rings. The summed E-state index contributed by atoms with van der Waals surface area (Å²) >= 11 is 0. The van der Waals surface area contributed by atoms with Gasteiger partial charge in [0.25, 0.3) is 0 Å². The van der Waals surface area contributed by atoms with Gasteiger partial charge >= 0.3 is 0 Å². The Kier molecular flexibility index (Phi) is 14.7. The van der Waals surface area contributed by atoms with E-state index in [0.717, 1.165) is 25.7 Å². The van der Waals surface area contributed by atoms with E-state index in [1.165, 1.54) is 0 Å². The molecule has 0 aromatic carbocycles. The van der Waals surface area contributed by atoms with Crippen LogP contribution in [0.1, 0.15) is 46.0 Å². The number of unbranched alkanes of at least 4 members (excludes halogenated alkanes) is 1. The molecule has 0 heterocycles. The Morgan fingerprint density at radius 2 is 1.31 bits per heavy atom. The maximum atomic E-state index is 9.04. The predicted molar refractivity (Wildman–Crippen MR) is 65.2 cm³/mol. The molecular weight excluding hydrogens is 208 g/mol. The molecule has 0 aliphatic carbocycles. The van der Waals surface area contributed by atoms with E-state index in [0.29, 0.717) is 6.42 Å². The van der Waals surface area contributed by atoms with E-state index in [9.17, 15) is 0 Å². The summed E-state index contributed by atoms with van der Waals surface area (Å²) in [5.74, 6) is 0. The molecule has 0 aliphatic heterocycles. The van der Waals surface area contributed by atoms with Gasteiger partial charge in [-0.3, -0.25) is 0 Å². The topological polar surface area (TPSA) is 80.9 Å². The van der Waals surface area contributed by atoms with E-state index in [-0.39, 0.29) is 31.8 Å². The van der Waals surface area contributed by atoms with Crippen LogP contribution >= 0.6 is 0 Å². The predicted octanol–water partition coefficient (Wildman–Crippen LogP) is 0.919. The Hall–Kier alpha value is -0.160. The Bertz CT molecular complexity index is 114. The molecule has 0 aromatic heterocycles. The third-order valence-corrected chi connectivity index (χ3v) is 2.80. The van der Waals surface area contributed by atoms with Crippen molar-refractivity contribution in [1.82, 2.24) is 0 Å². The van der Waals surface area contributed by atoms with Crippen LogP contribution in [-0.2, 0) is 0 Å². The van der Waals surface area contributed by atoms with Gasteiger partial charge in [-0.1, -0.05) is 26.7 Å². The summed E-state index contributed by atoms with van der Waals surface area (Å²) in [5, 5.41) is 33.9. The van der Waals surface area contributed by atoms with Gasteiger partial charge in [-0.15, -0.1) is 0 Å². The summed E-state index contributed by atoms with van der Waals surface area (Å²) < 4.78 is 0. The average molecular weight is 236 g/mol. The van der Waals surface area contributed by atoms with Gasteiger partial charge in [0.1, 0.15) is 0 Å². The normalized spacial score (nSPS) is 10.9. The first kappa shape index (κ1) is 18.2. The fourth-order valence-corrected chi connectivity index (χ4v) is 1.23. The largest absolute Gasteiger partial charge is 0.396 e. The van der Waals surface area contributed by atoms with Crippen molar-refractivity contribution in [3.8, 4) is 0 Å². The van der Waals surface area contributed by atoms with Crippen LogP contribution in [-0.4, -0.2) is 46.9 Å². The van der Waals surface area contributed by atoms with Crippen molar-refractivity contribution in [2.24, 2.45) is 5.41 Å². The van der Waals surface area contributed by atoms with E-state index < -0.39 is 0 Å². The van der Waals surface area contributed by atoms with Gasteiger partial charge in [0.05, 0.1) is 13.2 Å². The number of aliphatic hydroxyl groups is 4. The molecule has 0 spiro atoms. The Labute approximate surface area is 98.9 Å². The van der Waals surface area contributed by atoms with Crippen LogP contribution in [0.3, 0.4) is 0 Å². The first-order valence-corrected chi connectivity index (χ1v) is 6.09. The van der Waals surface area contributed by atoms with Gasteiger partial charge in [0.15, 0.2) is 0 Å². The van der Waals surface area contributed by atoms with Gasteiger partial charge in [-0.05, 0) is 19.3 Å². The Morgan fingerprint density at radius 1 is 0.812 bits per heavy atom. The van der Waals surface area contributed by atoms with Crippen molar-refractivity contribution < 1.29 is 20.4 Å². The molecule has 4 nitrogen and oxygen atoms in total. The van der Waals surface area contributed by atoms with Crippen LogP contribution in [0.25, 0.3) is 0 Å². The van der Waals surface area contributed by atoms with Gasteiger partial charge in [-0.2, -0.15) is 0 Å². The molecule has 4 heteroatoms. The highest BCUT2D eigenvalue weighted by Crippen LogP contribution is 2.27. The lowest BCUT2D eigenvalue weighted by Crippen LogP contribution is -2.28. The maximum Gasteiger partial charge on any atom is 0.0509 e. The van der Waals surface area contributed by atoms with Gasteiger partial charge in [-0.25, -0.2) is 0 Å². The van der Waals surface area contributed by atoms with Crippen molar-refractivity contribution in [3.63, 3.8) is 0 Å². The Morgan fingerprint density at radius 3 is 1.50 bits per heavy atom. The quantitative estimate of drug-likeness (QED) is 0.505. The molecule has 4 N–H and O–H groups in total. The smallest absolute Gasteiger partial charge is 0.0509 e. The summed E-state index contributed by atoms with van der Waals surface area (Å²) in [5.41, 5.74) is -0.212. The van der Waals surface area contributed by atoms with Gasteiger partial charge in [0.2, 0.25) is 0 Å². The number of aliphatic hydroxyl groups excluding tert-OH is 4. The molecule has 16 heavy (non-hydrogen) atoms. The zero-order valence-electron chi connectivity index (χ0n) is 10.7. The molecule has 100 valence electrons. The molecule has 0 fully saturated rings. The number of hydrogen-bond donors (Lipinski definition) is 4. The highest BCUT2D eigenvalue weighted by molar-refractivity contribution is 4.75. The highest BCUT2D eigenvalue weighted by atomic mass is 16.3. The van der Waals surface area contributed by atoms with Crippen LogP contribution < -0.4 is 0 Å². The molecule has 0 bridgehead atoms. The van der Waals surface area contributed by atoms with Gasteiger partial charge < -0.3 is 20.4 Å². The van der Waals surface area contributed by atoms with E-state index in [4.69, 9.17) is 20.4 Å². The molecule has 0 saturated carbocycles. The molecule has 0 aromatic rings. The number of rotatable bonds is 8. The van der Waals surface area contributed by atoms with E-state index in [1.54, 1.807) is 0 Å². The van der Waals surface area contributed by atoms with Crippen LogP contribution in [0.4, 0.5) is 0 Å². The molecule has 0 atom stereocenters. The Balaban J connectivity index is 0. The fraction of sp³-hybridized carbons (Fsp3) is 1.00. The minimum absolute atomic E-state index is 0.0938. The third-order valence-electron chi connectivity index (χ3n) is 2.80. The second-order valence-corrected chi connectivity index (χ2v) is 4.07. The maximum absolute atomic E-state index is 9.04. The fourth-order valence-electron chi connectivity index (χ4n) is 1.23. The standard InChI is InChI=1S/C9H20O2.C3H8O2/c1-3-5-6-9(4-2,7-10)8-11;4-2-1-3-5/h10-11H,3-8H2,1-2H3;4-5H,1-3H2. The molecule has 0 rings (SSSR count). The molecule has 0 radical (unpaired) electrons. The molecule has 0 amide bonds. The second-order valence-electron chi connectivity index (χ2n) is 4.07. The second kappa shape index (κ2) is 12.9. The first-order chi connectivity index (χ1) is 7.66. The van der Waals surface area contributed by atoms with Crippen LogP contribution in [0.2, 0.25) is 0 Å². The summed E-state index contributed by atoms with van der Waals surface area (Å²) in [7, 11) is 0. The first-order valence-electron chi connectivity index (χ1n) is 6.09. The SMILES string of the molecule is CCCCC(CC)(CO)CO.OCCCO. The molecule has 0 saturated heterocycles. The average Bonchev–Trinajstić information content (AvgIpc) is 2.34. The van der Waals surface area contributed by atoms with Crippen molar-refractivity contribution in [3.05, 3.63) is 0 Å². The van der Waals surface area contributed by atoms with Crippen molar-refractivity contribution in [1.29, 1.82) is 0 Å². The zero-order valence-corrected chi connectivity index (χ0v) is 10.7. The third kappa shape index (κ3) is 9.09. The van der Waals surface area contributed by atoms with E-state index in [2.05, 4.69) is 6.92 Å². The lowest BCUT2D eigenvalue weighted by Gasteiger charge is -2.27. The van der Waals surface area contributed by atoms with E-state index in [1.807, 2.05) is 6.92 Å². The summed E-state index contributed by atoms with van der Waals surface area (Å²) in [4.78, 5) is 0. The minimum Gasteiger partial charge on any atom is -0.396 e. The van der Waals surface area contributed by atoms with Gasteiger partial charge in [0, 0.05) is 18.6 Å². The van der Waals surface area contributed by atoms with Crippen LogP contribution in [0, 0.1) is 5.41 Å². The minimum atomic E-state index is -0.212. The van der Waals surface area contributed by atoms with Crippen LogP contribution in [0.15, 0.2) is 0 Å². The van der Waals surface area contributed by atoms with Crippen molar-refractivity contribution >= 4 is 0 Å². The monoisotopic (exact) mass is 236 g/mol. The lowest BCUT2D eigenvalue weighted by molar-refractivity contribution is 0.0420. The lowest BCUT2D eigenvalue weighted by atomic mass is 9.82. The molecule has 0 unspecified atom stereocenters. The van der Waals surface area contributed by atoms with E-state index >= 15 is 0 Å². The zero-order chi connectivity index (χ0) is 12.9. The summed E-state index contributed by atoms with van der Waals surface area (Å²) in [6, 6.07) is 0. The number of hydrogen-bond acceptors (Lipinski definition) is 4. The van der Waals surface area contributed by atoms with Crippen molar-refractivity contribution in [2.75, 3.05) is 26.4 Å². The van der Waals surface area contributed by atoms with Crippen LogP contribution in [0.5, 0.6) is 0 Å². The summed E-state index contributed by atoms with van der Waals surface area (Å²) in [6.07, 6.45) is 4.52. The highest BCUT2D eigenvalue weighted by Gasteiger charge is 2.25. The molecular formula is C12H28O4. The summed E-state index contributed by atoms with van der Waals surface area (Å²) in [6.45, 7) is 4.55. The van der Waals surface area contributed by atoms with Crippen molar-refractivity contribution in [2.45, 2.75) is 46.0 Å².